The molecule has 2 rings (SSSR count). The summed E-state index contributed by atoms with van der Waals surface area (Å²) in [6.07, 6.45) is 4.87. The molecule has 2 aromatic rings. The monoisotopic (exact) mass is 289 g/mol. The minimum atomic E-state index is -0.471. The number of nitrogens with two attached hydrogens (primary N) is 1. The summed E-state index contributed by atoms with van der Waals surface area (Å²) in [5, 5.41) is 3.21. The van der Waals surface area contributed by atoms with Crippen molar-refractivity contribution in [3.63, 3.8) is 0 Å². The van der Waals surface area contributed by atoms with Crippen molar-refractivity contribution in [2.75, 3.05) is 18.2 Å². The highest BCUT2D eigenvalue weighted by atomic mass is 16.5. The Morgan fingerprint density at radius 3 is 3.00 bits per heavy atom. The first-order chi connectivity index (χ1) is 10.1. The van der Waals surface area contributed by atoms with Gasteiger partial charge in [0.15, 0.2) is 0 Å². The third-order valence-electron chi connectivity index (χ3n) is 3.18. The number of furan rings is 1. The first-order valence-corrected chi connectivity index (χ1v) is 6.73. The van der Waals surface area contributed by atoms with E-state index in [1.54, 1.807) is 12.3 Å². The minimum absolute atomic E-state index is 0.137. The Morgan fingerprint density at radius 1 is 1.52 bits per heavy atom. The zero-order valence-electron chi connectivity index (χ0n) is 12.1. The van der Waals surface area contributed by atoms with Gasteiger partial charge in [-0.05, 0) is 31.5 Å². The highest BCUT2D eigenvalue weighted by Gasteiger charge is 2.15. The van der Waals surface area contributed by atoms with Gasteiger partial charge in [0.05, 0.1) is 24.6 Å². The van der Waals surface area contributed by atoms with Crippen molar-refractivity contribution >= 4 is 17.5 Å². The summed E-state index contributed by atoms with van der Waals surface area (Å²) >= 11 is 0. The predicted octanol–water partition coefficient (Wildman–Crippen LogP) is 2.48. The van der Waals surface area contributed by atoms with Gasteiger partial charge in [0.2, 0.25) is 0 Å². The Balaban J connectivity index is 2.00. The van der Waals surface area contributed by atoms with Gasteiger partial charge >= 0.3 is 5.97 Å². The molecule has 0 aliphatic heterocycles. The Morgan fingerprint density at radius 2 is 2.33 bits per heavy atom. The number of rotatable bonds is 6. The molecule has 0 radical (unpaired) electrons. The quantitative estimate of drug-likeness (QED) is 0.794. The Labute approximate surface area is 123 Å². The number of aromatic nitrogens is 1. The van der Waals surface area contributed by atoms with Gasteiger partial charge in [0.1, 0.15) is 11.6 Å². The molecule has 21 heavy (non-hydrogen) atoms. The molecule has 2 heterocycles. The molecule has 0 amide bonds. The molecule has 6 nitrogen and oxygen atoms in total. The highest BCUT2D eigenvalue weighted by Crippen LogP contribution is 2.22. The van der Waals surface area contributed by atoms with Crippen LogP contribution >= 0.6 is 0 Å². The smallest absolute Gasteiger partial charge is 0.340 e. The number of nitrogens with zero attached hydrogens (tertiary/aromatic N) is 1. The van der Waals surface area contributed by atoms with E-state index in [0.717, 1.165) is 18.6 Å². The number of esters is 1. The summed E-state index contributed by atoms with van der Waals surface area (Å²) in [5.41, 5.74) is 6.57. The molecule has 0 aromatic carbocycles. The minimum Gasteiger partial charge on any atom is -0.469 e. The van der Waals surface area contributed by atoms with E-state index in [1.165, 1.54) is 13.3 Å². The molecule has 0 bridgehead atoms. The van der Waals surface area contributed by atoms with E-state index in [-0.39, 0.29) is 6.04 Å². The summed E-state index contributed by atoms with van der Waals surface area (Å²) in [7, 11) is 1.32. The van der Waals surface area contributed by atoms with Gasteiger partial charge in [-0.3, -0.25) is 0 Å². The molecule has 0 fully saturated rings. The number of nitrogens with one attached hydrogen (secondary N) is 1. The number of aryl methyl sites for hydroxylation is 1. The van der Waals surface area contributed by atoms with Crippen LogP contribution in [0.4, 0.5) is 11.5 Å². The Kier molecular flexibility index (Phi) is 4.81. The van der Waals surface area contributed by atoms with Gasteiger partial charge in [-0.25, -0.2) is 9.78 Å². The summed E-state index contributed by atoms with van der Waals surface area (Å²) in [4.78, 5) is 15.8. The first kappa shape index (κ1) is 14.9. The van der Waals surface area contributed by atoms with Crippen LogP contribution in [0.2, 0.25) is 0 Å². The molecule has 6 heteroatoms. The number of anilines is 2. The second-order valence-electron chi connectivity index (χ2n) is 4.78. The first-order valence-electron chi connectivity index (χ1n) is 6.73. The number of carbonyl (C=O) groups is 1. The van der Waals surface area contributed by atoms with Crippen LogP contribution in [0.25, 0.3) is 0 Å². The molecule has 0 aliphatic carbocycles. The molecule has 0 spiro atoms. The maximum absolute atomic E-state index is 11.6. The third kappa shape index (κ3) is 3.75. The van der Waals surface area contributed by atoms with E-state index in [9.17, 15) is 4.79 Å². The van der Waals surface area contributed by atoms with E-state index in [2.05, 4.69) is 15.0 Å². The zero-order valence-corrected chi connectivity index (χ0v) is 12.1. The molecule has 1 atom stereocenters. The molecule has 1 unspecified atom stereocenters. The van der Waals surface area contributed by atoms with Crippen LogP contribution in [0.15, 0.2) is 35.1 Å². The van der Waals surface area contributed by atoms with Crippen molar-refractivity contribution in [3.05, 3.63) is 42.0 Å². The van der Waals surface area contributed by atoms with Crippen molar-refractivity contribution in [1.29, 1.82) is 0 Å². The lowest BCUT2D eigenvalue weighted by molar-refractivity contribution is 0.0602. The lowest BCUT2D eigenvalue weighted by atomic mass is 10.1. The van der Waals surface area contributed by atoms with Crippen molar-refractivity contribution in [3.8, 4) is 0 Å². The van der Waals surface area contributed by atoms with Gasteiger partial charge in [-0.15, -0.1) is 0 Å². The molecular weight excluding hydrogens is 270 g/mol. The van der Waals surface area contributed by atoms with Crippen molar-refractivity contribution in [2.45, 2.75) is 25.8 Å². The normalized spacial score (nSPS) is 11.9. The Hall–Kier alpha value is -2.50. The number of carbonyl (C=O) groups excluding carboxylic acids is 1. The standard InChI is InChI=1S/C15H19N3O3/c1-10(5-6-11-4-3-9-21-11)18-14-13(16)12(7-8-17-14)15(19)20-2/h3-4,7-10H,5-6,16H2,1-2H3,(H,17,18). The van der Waals surface area contributed by atoms with Crippen LogP contribution in [0.1, 0.15) is 29.5 Å². The maximum Gasteiger partial charge on any atom is 0.340 e. The van der Waals surface area contributed by atoms with E-state index >= 15 is 0 Å². The average molecular weight is 289 g/mol. The molecule has 2 aromatic heterocycles. The topological polar surface area (TPSA) is 90.4 Å². The van der Waals surface area contributed by atoms with Gasteiger partial charge in [0, 0.05) is 18.7 Å². The number of pyridine rings is 1. The fourth-order valence-corrected chi connectivity index (χ4v) is 2.00. The van der Waals surface area contributed by atoms with Gasteiger partial charge in [-0.1, -0.05) is 0 Å². The van der Waals surface area contributed by atoms with Gasteiger partial charge in [-0.2, -0.15) is 0 Å². The zero-order chi connectivity index (χ0) is 15.2. The third-order valence-corrected chi connectivity index (χ3v) is 3.18. The van der Waals surface area contributed by atoms with Crippen LogP contribution in [0.3, 0.4) is 0 Å². The van der Waals surface area contributed by atoms with E-state index in [0.29, 0.717) is 17.1 Å². The fraction of sp³-hybridized carbons (Fsp3) is 0.333. The van der Waals surface area contributed by atoms with Crippen molar-refractivity contribution in [2.24, 2.45) is 0 Å². The summed E-state index contributed by atoms with van der Waals surface area (Å²) in [5.74, 6) is 0.957. The number of methoxy groups -OCH3 is 1. The highest BCUT2D eigenvalue weighted by molar-refractivity contribution is 5.97. The maximum atomic E-state index is 11.6. The lowest BCUT2D eigenvalue weighted by Gasteiger charge is -2.16. The summed E-state index contributed by atoms with van der Waals surface area (Å²) < 4.78 is 9.98. The largest absolute Gasteiger partial charge is 0.469 e. The van der Waals surface area contributed by atoms with Crippen LogP contribution in [0.5, 0.6) is 0 Å². The number of hydrogen-bond donors (Lipinski definition) is 2. The van der Waals surface area contributed by atoms with E-state index in [1.807, 2.05) is 19.1 Å². The second kappa shape index (κ2) is 6.78. The summed E-state index contributed by atoms with van der Waals surface area (Å²) in [6, 6.07) is 5.49. The van der Waals surface area contributed by atoms with Crippen LogP contribution in [0, 0.1) is 0 Å². The molecule has 0 aliphatic rings. The van der Waals surface area contributed by atoms with E-state index in [4.69, 9.17) is 10.2 Å². The van der Waals surface area contributed by atoms with Crippen LogP contribution in [-0.2, 0) is 11.2 Å². The number of ether oxygens (including phenoxy) is 1. The molecule has 0 saturated carbocycles. The van der Waals surface area contributed by atoms with E-state index < -0.39 is 5.97 Å². The number of nitrogen functional groups attached to an aromatic ring is 1. The average Bonchev–Trinajstić information content (AvgIpc) is 3.00. The van der Waals surface area contributed by atoms with Gasteiger partial charge in [0.25, 0.3) is 0 Å². The van der Waals surface area contributed by atoms with Crippen LogP contribution < -0.4 is 11.1 Å². The van der Waals surface area contributed by atoms with Crippen molar-refractivity contribution in [1.82, 2.24) is 4.98 Å². The summed E-state index contributed by atoms with van der Waals surface area (Å²) in [6.45, 7) is 2.02. The predicted molar refractivity (Wildman–Crippen MR) is 80.1 cm³/mol. The number of hydrogen-bond acceptors (Lipinski definition) is 6. The fourth-order valence-electron chi connectivity index (χ4n) is 2.00. The lowest BCUT2D eigenvalue weighted by Crippen LogP contribution is -2.19. The molecule has 112 valence electrons. The molecular formula is C15H19N3O3. The van der Waals surface area contributed by atoms with Crippen molar-refractivity contribution < 1.29 is 13.9 Å². The molecule has 0 saturated heterocycles. The van der Waals surface area contributed by atoms with Crippen LogP contribution in [-0.4, -0.2) is 24.1 Å². The molecule has 3 N–H and O–H groups in total. The Bertz CT molecular complexity index is 596. The second-order valence-corrected chi connectivity index (χ2v) is 4.78. The SMILES string of the molecule is COC(=O)c1ccnc(NC(C)CCc2ccco2)c1N. The van der Waals surface area contributed by atoms with Gasteiger partial charge < -0.3 is 20.2 Å².